The van der Waals surface area contributed by atoms with Gasteiger partial charge in [0.05, 0.1) is 5.56 Å². The Kier molecular flexibility index (Phi) is 5.66. The van der Waals surface area contributed by atoms with Gasteiger partial charge in [-0.05, 0) is 75.4 Å². The zero-order chi connectivity index (χ0) is 16.9. The van der Waals surface area contributed by atoms with Gasteiger partial charge in [-0.3, -0.25) is 0 Å². The van der Waals surface area contributed by atoms with Crippen molar-refractivity contribution in [2.45, 2.75) is 19.0 Å². The molecule has 0 unspecified atom stereocenters. The van der Waals surface area contributed by atoms with Crippen LogP contribution in [0.4, 0.5) is 13.2 Å². The van der Waals surface area contributed by atoms with Gasteiger partial charge in [-0.1, -0.05) is 12.1 Å². The highest BCUT2D eigenvalue weighted by atomic mass is 19.4. The summed E-state index contributed by atoms with van der Waals surface area (Å²) < 4.78 is 43.2. The number of alkyl halides is 3. The summed E-state index contributed by atoms with van der Waals surface area (Å²) in [6.07, 6.45) is -2.36. The van der Waals surface area contributed by atoms with Gasteiger partial charge < -0.3 is 9.64 Å². The molecule has 2 aromatic carbocycles. The molecule has 0 heterocycles. The van der Waals surface area contributed by atoms with Crippen LogP contribution in [0.1, 0.15) is 17.5 Å². The maximum Gasteiger partial charge on any atom is 0.416 e. The van der Waals surface area contributed by atoms with Gasteiger partial charge in [0.1, 0.15) is 11.5 Å². The Labute approximate surface area is 134 Å². The molecule has 124 valence electrons. The summed E-state index contributed by atoms with van der Waals surface area (Å²) in [5.41, 5.74) is 0.471. The third kappa shape index (κ3) is 5.60. The zero-order valence-electron chi connectivity index (χ0n) is 13.2. The molecule has 0 atom stereocenters. The summed E-state index contributed by atoms with van der Waals surface area (Å²) in [6, 6.07) is 12.4. The molecule has 0 fully saturated rings. The number of aryl methyl sites for hydroxylation is 1. The maximum atomic E-state index is 12.5. The van der Waals surface area contributed by atoms with Gasteiger partial charge in [-0.15, -0.1) is 0 Å². The number of hydrogen-bond donors (Lipinski definition) is 0. The first-order valence-electron chi connectivity index (χ1n) is 7.43. The first-order chi connectivity index (χ1) is 10.8. The highest BCUT2D eigenvalue weighted by Gasteiger charge is 2.30. The van der Waals surface area contributed by atoms with Crippen LogP contribution in [0.5, 0.6) is 11.5 Å². The average molecular weight is 323 g/mol. The van der Waals surface area contributed by atoms with Crippen LogP contribution in [-0.4, -0.2) is 25.5 Å². The largest absolute Gasteiger partial charge is 0.457 e. The third-order valence-corrected chi connectivity index (χ3v) is 3.39. The van der Waals surface area contributed by atoms with Crippen LogP contribution < -0.4 is 4.74 Å². The molecular formula is C18H20F3NO. The zero-order valence-corrected chi connectivity index (χ0v) is 13.2. The van der Waals surface area contributed by atoms with E-state index in [9.17, 15) is 13.2 Å². The summed E-state index contributed by atoms with van der Waals surface area (Å²) in [7, 11) is 4.06. The molecule has 0 aliphatic heterocycles. The van der Waals surface area contributed by atoms with Crippen LogP contribution in [0.2, 0.25) is 0 Å². The van der Waals surface area contributed by atoms with Crippen molar-refractivity contribution in [3.05, 3.63) is 59.7 Å². The van der Waals surface area contributed by atoms with E-state index in [1.54, 1.807) is 6.07 Å². The highest BCUT2D eigenvalue weighted by Crippen LogP contribution is 2.31. The molecule has 0 saturated heterocycles. The van der Waals surface area contributed by atoms with Crippen molar-refractivity contribution in [1.82, 2.24) is 4.90 Å². The van der Waals surface area contributed by atoms with Gasteiger partial charge in [0.2, 0.25) is 0 Å². The smallest absolute Gasteiger partial charge is 0.416 e. The van der Waals surface area contributed by atoms with Crippen LogP contribution in [0.25, 0.3) is 0 Å². The van der Waals surface area contributed by atoms with Crippen molar-refractivity contribution in [3.63, 3.8) is 0 Å². The quantitative estimate of drug-likeness (QED) is 0.742. The van der Waals surface area contributed by atoms with E-state index in [0.717, 1.165) is 37.1 Å². The minimum absolute atomic E-state index is 0.392. The Balaban J connectivity index is 2.00. The summed E-state index contributed by atoms with van der Waals surface area (Å²) >= 11 is 0. The standard InChI is InChI=1S/C18H20F3NO/c1-22(2)12-4-6-14-5-3-7-17(13-14)23-16-10-8-15(9-11-16)18(19,20)21/h3,5,7-11,13H,4,6,12H2,1-2H3. The van der Waals surface area contributed by atoms with Gasteiger partial charge in [-0.25, -0.2) is 0 Å². The molecule has 5 heteroatoms. The van der Waals surface area contributed by atoms with Crippen molar-refractivity contribution in [3.8, 4) is 11.5 Å². The van der Waals surface area contributed by atoms with E-state index in [1.807, 2.05) is 32.3 Å². The number of rotatable bonds is 6. The predicted molar refractivity (Wildman–Crippen MR) is 84.8 cm³/mol. The lowest BCUT2D eigenvalue weighted by Gasteiger charge is -2.11. The summed E-state index contributed by atoms with van der Waals surface area (Å²) in [5, 5.41) is 0. The molecule has 0 aliphatic rings. The maximum absolute atomic E-state index is 12.5. The molecule has 0 N–H and O–H groups in total. The van der Waals surface area contributed by atoms with Crippen molar-refractivity contribution in [1.29, 1.82) is 0 Å². The number of nitrogens with zero attached hydrogens (tertiary/aromatic N) is 1. The molecule has 0 saturated carbocycles. The van der Waals surface area contributed by atoms with Crippen LogP contribution in [0.3, 0.4) is 0 Å². The van der Waals surface area contributed by atoms with E-state index in [4.69, 9.17) is 4.74 Å². The van der Waals surface area contributed by atoms with Crippen LogP contribution in [0, 0.1) is 0 Å². The van der Waals surface area contributed by atoms with Crippen molar-refractivity contribution >= 4 is 0 Å². The fourth-order valence-electron chi connectivity index (χ4n) is 2.21. The number of hydrogen-bond acceptors (Lipinski definition) is 2. The second kappa shape index (κ2) is 7.51. The van der Waals surface area contributed by atoms with E-state index in [0.29, 0.717) is 11.5 Å². The second-order valence-corrected chi connectivity index (χ2v) is 5.68. The van der Waals surface area contributed by atoms with Gasteiger partial charge in [0, 0.05) is 0 Å². The average Bonchev–Trinajstić information content (AvgIpc) is 2.47. The monoisotopic (exact) mass is 323 g/mol. The van der Waals surface area contributed by atoms with Gasteiger partial charge >= 0.3 is 6.18 Å². The first kappa shape index (κ1) is 17.3. The lowest BCUT2D eigenvalue weighted by atomic mass is 10.1. The van der Waals surface area contributed by atoms with Crippen LogP contribution >= 0.6 is 0 Å². The summed E-state index contributed by atoms with van der Waals surface area (Å²) in [4.78, 5) is 2.13. The first-order valence-corrected chi connectivity index (χ1v) is 7.43. The number of benzene rings is 2. The lowest BCUT2D eigenvalue weighted by molar-refractivity contribution is -0.137. The van der Waals surface area contributed by atoms with E-state index in [1.165, 1.54) is 12.1 Å². The molecular weight excluding hydrogens is 303 g/mol. The molecule has 23 heavy (non-hydrogen) atoms. The molecule has 0 bridgehead atoms. The minimum atomic E-state index is -4.33. The highest BCUT2D eigenvalue weighted by molar-refractivity contribution is 5.35. The van der Waals surface area contributed by atoms with Gasteiger partial charge in [-0.2, -0.15) is 13.2 Å². The fourth-order valence-corrected chi connectivity index (χ4v) is 2.21. The molecule has 0 spiro atoms. The molecule has 0 aliphatic carbocycles. The Hall–Kier alpha value is -2.01. The third-order valence-electron chi connectivity index (χ3n) is 3.39. The number of halogens is 3. The molecule has 2 nitrogen and oxygen atoms in total. The molecule has 2 aromatic rings. The molecule has 2 rings (SSSR count). The van der Waals surface area contributed by atoms with E-state index >= 15 is 0 Å². The fraction of sp³-hybridized carbons (Fsp3) is 0.333. The van der Waals surface area contributed by atoms with Crippen molar-refractivity contribution in [2.75, 3.05) is 20.6 Å². The minimum Gasteiger partial charge on any atom is -0.457 e. The van der Waals surface area contributed by atoms with E-state index < -0.39 is 11.7 Å². The Bertz CT molecular complexity index is 621. The predicted octanol–water partition coefficient (Wildman–Crippen LogP) is 4.99. The second-order valence-electron chi connectivity index (χ2n) is 5.68. The summed E-state index contributed by atoms with van der Waals surface area (Å²) in [6.45, 7) is 1.00. The van der Waals surface area contributed by atoms with Crippen molar-refractivity contribution < 1.29 is 17.9 Å². The topological polar surface area (TPSA) is 12.5 Å². The lowest BCUT2D eigenvalue weighted by Crippen LogP contribution is -2.13. The van der Waals surface area contributed by atoms with E-state index in [-0.39, 0.29) is 0 Å². The Morgan fingerprint density at radius 2 is 1.65 bits per heavy atom. The number of ether oxygens (including phenoxy) is 1. The van der Waals surface area contributed by atoms with Gasteiger partial charge in [0.15, 0.2) is 0 Å². The van der Waals surface area contributed by atoms with Crippen LogP contribution in [-0.2, 0) is 12.6 Å². The molecule has 0 amide bonds. The Morgan fingerprint density at radius 3 is 2.26 bits per heavy atom. The van der Waals surface area contributed by atoms with Crippen molar-refractivity contribution in [2.24, 2.45) is 0 Å². The Morgan fingerprint density at radius 1 is 0.957 bits per heavy atom. The van der Waals surface area contributed by atoms with Crippen LogP contribution in [0.15, 0.2) is 48.5 Å². The summed E-state index contributed by atoms with van der Waals surface area (Å²) in [5.74, 6) is 1.02. The SMILES string of the molecule is CN(C)CCCc1cccc(Oc2ccc(C(F)(F)F)cc2)c1. The molecule has 0 radical (unpaired) electrons. The van der Waals surface area contributed by atoms with E-state index in [2.05, 4.69) is 4.90 Å². The molecule has 0 aromatic heterocycles. The normalized spacial score (nSPS) is 11.7. The van der Waals surface area contributed by atoms with Gasteiger partial charge in [0.25, 0.3) is 0 Å².